The highest BCUT2D eigenvalue weighted by atomic mass is 15.2. The molecule has 3 N–H and O–H groups in total. The third kappa shape index (κ3) is 5.55. The molecule has 0 aliphatic carbocycles. The normalized spacial score (nSPS) is 12.1. The SMILES string of the molecule is CCNC(=NCC(CC)CC)NCCCc1nc2ccccc2[nH]1. The maximum Gasteiger partial charge on any atom is 0.191 e. The summed E-state index contributed by atoms with van der Waals surface area (Å²) in [5.41, 5.74) is 2.15. The Kier molecular flexibility index (Phi) is 7.59. The van der Waals surface area contributed by atoms with Gasteiger partial charge in [-0.05, 0) is 31.4 Å². The number of guanidine groups is 1. The first-order chi connectivity index (χ1) is 11.8. The Morgan fingerprint density at radius 1 is 1.17 bits per heavy atom. The van der Waals surface area contributed by atoms with Gasteiger partial charge in [-0.25, -0.2) is 4.98 Å². The monoisotopic (exact) mass is 329 g/mol. The van der Waals surface area contributed by atoms with Gasteiger partial charge in [0, 0.05) is 26.1 Å². The largest absolute Gasteiger partial charge is 0.357 e. The van der Waals surface area contributed by atoms with Crippen LogP contribution >= 0.6 is 0 Å². The lowest BCUT2D eigenvalue weighted by Crippen LogP contribution is -2.38. The van der Waals surface area contributed by atoms with Crippen molar-refractivity contribution in [1.29, 1.82) is 0 Å². The molecule has 0 fully saturated rings. The summed E-state index contributed by atoms with van der Waals surface area (Å²) in [6.07, 6.45) is 4.33. The summed E-state index contributed by atoms with van der Waals surface area (Å²) in [5.74, 6) is 2.65. The molecule has 5 nitrogen and oxygen atoms in total. The molecule has 5 heteroatoms. The van der Waals surface area contributed by atoms with Gasteiger partial charge in [0.2, 0.25) is 0 Å². The molecule has 1 aromatic heterocycles. The molecule has 24 heavy (non-hydrogen) atoms. The van der Waals surface area contributed by atoms with E-state index in [1.165, 1.54) is 12.8 Å². The van der Waals surface area contributed by atoms with Crippen molar-refractivity contribution >= 4 is 17.0 Å². The van der Waals surface area contributed by atoms with E-state index in [1.807, 2.05) is 18.2 Å². The second kappa shape index (κ2) is 9.96. The van der Waals surface area contributed by atoms with Gasteiger partial charge in [0.05, 0.1) is 11.0 Å². The van der Waals surface area contributed by atoms with Crippen molar-refractivity contribution in [2.24, 2.45) is 10.9 Å². The summed E-state index contributed by atoms with van der Waals surface area (Å²) in [4.78, 5) is 12.7. The van der Waals surface area contributed by atoms with Crippen LogP contribution in [0.3, 0.4) is 0 Å². The van der Waals surface area contributed by atoms with Gasteiger partial charge in [0.1, 0.15) is 5.82 Å². The van der Waals surface area contributed by atoms with Crippen LogP contribution in [0, 0.1) is 5.92 Å². The highest BCUT2D eigenvalue weighted by Crippen LogP contribution is 2.11. The predicted molar refractivity (Wildman–Crippen MR) is 102 cm³/mol. The third-order valence-electron chi connectivity index (χ3n) is 4.33. The van der Waals surface area contributed by atoms with Gasteiger partial charge in [-0.1, -0.05) is 38.8 Å². The number of H-pyrrole nitrogens is 1. The third-order valence-corrected chi connectivity index (χ3v) is 4.33. The predicted octanol–water partition coefficient (Wildman–Crippen LogP) is 3.49. The fourth-order valence-corrected chi connectivity index (χ4v) is 2.70. The van der Waals surface area contributed by atoms with E-state index in [0.29, 0.717) is 5.92 Å². The van der Waals surface area contributed by atoms with Crippen molar-refractivity contribution in [3.8, 4) is 0 Å². The number of hydrogen-bond donors (Lipinski definition) is 3. The molecule has 1 aromatic carbocycles. The van der Waals surface area contributed by atoms with E-state index in [9.17, 15) is 0 Å². The summed E-state index contributed by atoms with van der Waals surface area (Å²) in [7, 11) is 0. The first-order valence-corrected chi connectivity index (χ1v) is 9.22. The second-order valence-electron chi connectivity index (χ2n) is 6.13. The molecule has 0 atom stereocenters. The second-order valence-corrected chi connectivity index (χ2v) is 6.13. The fourth-order valence-electron chi connectivity index (χ4n) is 2.70. The van der Waals surface area contributed by atoms with Crippen molar-refractivity contribution in [2.45, 2.75) is 46.5 Å². The van der Waals surface area contributed by atoms with E-state index in [1.54, 1.807) is 0 Å². The van der Waals surface area contributed by atoms with Gasteiger partial charge in [0.25, 0.3) is 0 Å². The van der Waals surface area contributed by atoms with Crippen LogP contribution in [0.1, 0.15) is 45.9 Å². The van der Waals surface area contributed by atoms with Gasteiger partial charge < -0.3 is 15.6 Å². The van der Waals surface area contributed by atoms with Gasteiger partial charge in [-0.2, -0.15) is 0 Å². The minimum absolute atomic E-state index is 0.677. The Labute approximate surface area is 145 Å². The minimum atomic E-state index is 0.677. The van der Waals surface area contributed by atoms with E-state index >= 15 is 0 Å². The fraction of sp³-hybridized carbons (Fsp3) is 0.579. The molecule has 132 valence electrons. The molecule has 0 amide bonds. The number of aromatic amines is 1. The van der Waals surface area contributed by atoms with Crippen molar-refractivity contribution in [1.82, 2.24) is 20.6 Å². The number of benzene rings is 1. The first-order valence-electron chi connectivity index (χ1n) is 9.22. The number of aliphatic imine (C=N–C) groups is 1. The first kappa shape index (κ1) is 18.3. The summed E-state index contributed by atoms with van der Waals surface area (Å²) in [5, 5.41) is 6.75. The number of nitrogens with one attached hydrogen (secondary N) is 3. The molecular weight excluding hydrogens is 298 g/mol. The van der Waals surface area contributed by atoms with Crippen molar-refractivity contribution < 1.29 is 0 Å². The van der Waals surface area contributed by atoms with Crippen LogP contribution < -0.4 is 10.6 Å². The van der Waals surface area contributed by atoms with Gasteiger partial charge in [-0.3, -0.25) is 4.99 Å². The maximum atomic E-state index is 4.71. The van der Waals surface area contributed by atoms with Crippen molar-refractivity contribution in [2.75, 3.05) is 19.6 Å². The Morgan fingerprint density at radius 2 is 1.96 bits per heavy atom. The highest BCUT2D eigenvalue weighted by molar-refractivity contribution is 5.79. The number of aromatic nitrogens is 2. The van der Waals surface area contributed by atoms with E-state index < -0.39 is 0 Å². The van der Waals surface area contributed by atoms with Crippen LogP contribution in [-0.2, 0) is 6.42 Å². The molecule has 2 aromatic rings. The van der Waals surface area contributed by atoms with Crippen LogP contribution in [0.15, 0.2) is 29.3 Å². The lowest BCUT2D eigenvalue weighted by Gasteiger charge is -2.13. The van der Waals surface area contributed by atoms with Crippen LogP contribution in [0.2, 0.25) is 0 Å². The maximum absolute atomic E-state index is 4.71. The highest BCUT2D eigenvalue weighted by Gasteiger charge is 2.04. The topological polar surface area (TPSA) is 65.1 Å². The molecule has 0 bridgehead atoms. The zero-order chi connectivity index (χ0) is 17.2. The van der Waals surface area contributed by atoms with Crippen LogP contribution in [-0.4, -0.2) is 35.6 Å². The Hall–Kier alpha value is -2.04. The average Bonchev–Trinajstić information content (AvgIpc) is 3.02. The lowest BCUT2D eigenvalue weighted by molar-refractivity contribution is 0.504. The molecule has 0 unspecified atom stereocenters. The number of nitrogens with zero attached hydrogens (tertiary/aromatic N) is 2. The molecular formula is C19H31N5. The average molecular weight is 329 g/mol. The summed E-state index contributed by atoms with van der Waals surface area (Å²) >= 11 is 0. The molecule has 2 rings (SSSR count). The molecule has 0 aliphatic heterocycles. The number of fused-ring (bicyclic) bond motifs is 1. The van der Waals surface area contributed by atoms with E-state index in [-0.39, 0.29) is 0 Å². The number of rotatable bonds is 9. The van der Waals surface area contributed by atoms with E-state index in [4.69, 9.17) is 4.99 Å². The Morgan fingerprint density at radius 3 is 2.67 bits per heavy atom. The van der Waals surface area contributed by atoms with Gasteiger partial charge >= 0.3 is 0 Å². The lowest BCUT2D eigenvalue weighted by atomic mass is 10.0. The Bertz CT molecular complexity index is 594. The molecule has 0 saturated heterocycles. The zero-order valence-electron chi connectivity index (χ0n) is 15.2. The van der Waals surface area contributed by atoms with Crippen molar-refractivity contribution in [3.05, 3.63) is 30.1 Å². The number of hydrogen-bond acceptors (Lipinski definition) is 2. The summed E-state index contributed by atoms with van der Waals surface area (Å²) < 4.78 is 0. The van der Waals surface area contributed by atoms with E-state index in [2.05, 4.69) is 47.4 Å². The standard InChI is InChI=1S/C19H31N5/c1-4-15(5-2)14-22-19(20-6-3)21-13-9-12-18-23-16-10-7-8-11-17(16)24-18/h7-8,10-11,15H,4-6,9,12-14H2,1-3H3,(H,23,24)(H2,20,21,22). The van der Waals surface area contributed by atoms with Crippen LogP contribution in [0.25, 0.3) is 11.0 Å². The molecule has 0 radical (unpaired) electrons. The zero-order valence-corrected chi connectivity index (χ0v) is 15.2. The van der Waals surface area contributed by atoms with Gasteiger partial charge in [-0.15, -0.1) is 0 Å². The minimum Gasteiger partial charge on any atom is -0.357 e. The molecule has 0 saturated carbocycles. The van der Waals surface area contributed by atoms with Crippen LogP contribution in [0.5, 0.6) is 0 Å². The summed E-state index contributed by atoms with van der Waals surface area (Å²) in [6, 6.07) is 8.16. The molecule has 0 aliphatic rings. The number of para-hydroxylation sites is 2. The van der Waals surface area contributed by atoms with Crippen LogP contribution in [0.4, 0.5) is 0 Å². The number of imidazole rings is 1. The summed E-state index contributed by atoms with van der Waals surface area (Å²) in [6.45, 7) is 9.24. The Balaban J connectivity index is 1.78. The quantitative estimate of drug-likeness (QED) is 0.375. The van der Waals surface area contributed by atoms with Crippen molar-refractivity contribution in [3.63, 3.8) is 0 Å². The number of aryl methyl sites for hydroxylation is 1. The van der Waals surface area contributed by atoms with Gasteiger partial charge in [0.15, 0.2) is 5.96 Å². The molecule has 0 spiro atoms. The van der Waals surface area contributed by atoms with E-state index in [0.717, 1.165) is 55.3 Å². The smallest absolute Gasteiger partial charge is 0.191 e. The molecule has 1 heterocycles.